The van der Waals surface area contributed by atoms with Gasteiger partial charge in [-0.1, -0.05) is 45.7 Å². The monoisotopic (exact) mass is 245 g/mol. The van der Waals surface area contributed by atoms with Crippen LogP contribution in [0.15, 0.2) is 28.7 Å². The SMILES string of the molecule is NCC=Cc1c(Cl)cccc1Br. The first-order chi connectivity index (χ1) is 5.75. The van der Waals surface area contributed by atoms with Gasteiger partial charge in [-0.15, -0.1) is 0 Å². The molecule has 1 aromatic rings. The third-order valence-electron chi connectivity index (χ3n) is 1.42. The molecule has 0 heterocycles. The zero-order valence-corrected chi connectivity index (χ0v) is 8.77. The van der Waals surface area contributed by atoms with E-state index in [2.05, 4.69) is 15.9 Å². The number of nitrogens with two attached hydrogens (primary N) is 1. The van der Waals surface area contributed by atoms with Crippen LogP contribution in [0.4, 0.5) is 0 Å². The summed E-state index contributed by atoms with van der Waals surface area (Å²) in [7, 11) is 0. The van der Waals surface area contributed by atoms with Gasteiger partial charge in [-0.05, 0) is 12.1 Å². The van der Waals surface area contributed by atoms with Crippen molar-refractivity contribution in [1.82, 2.24) is 0 Å². The van der Waals surface area contributed by atoms with E-state index in [9.17, 15) is 0 Å². The molecule has 1 rings (SSSR count). The third kappa shape index (κ3) is 2.34. The van der Waals surface area contributed by atoms with Crippen molar-refractivity contribution in [2.75, 3.05) is 6.54 Å². The summed E-state index contributed by atoms with van der Waals surface area (Å²) in [5.74, 6) is 0. The van der Waals surface area contributed by atoms with E-state index in [4.69, 9.17) is 17.3 Å². The van der Waals surface area contributed by atoms with Crippen molar-refractivity contribution in [3.8, 4) is 0 Å². The summed E-state index contributed by atoms with van der Waals surface area (Å²) in [6.07, 6.45) is 3.78. The highest BCUT2D eigenvalue weighted by atomic mass is 79.9. The molecule has 64 valence electrons. The molecule has 1 aromatic carbocycles. The van der Waals surface area contributed by atoms with Crippen molar-refractivity contribution in [1.29, 1.82) is 0 Å². The second-order valence-electron chi connectivity index (χ2n) is 2.27. The van der Waals surface area contributed by atoms with Crippen molar-refractivity contribution < 1.29 is 0 Å². The lowest BCUT2D eigenvalue weighted by Gasteiger charge is -2.00. The first-order valence-electron chi connectivity index (χ1n) is 3.56. The van der Waals surface area contributed by atoms with E-state index >= 15 is 0 Å². The molecule has 0 aliphatic heterocycles. The molecule has 0 aliphatic rings. The molecule has 0 amide bonds. The van der Waals surface area contributed by atoms with Gasteiger partial charge in [-0.2, -0.15) is 0 Å². The first kappa shape index (κ1) is 9.78. The van der Waals surface area contributed by atoms with Crippen LogP contribution in [0.3, 0.4) is 0 Å². The van der Waals surface area contributed by atoms with Gasteiger partial charge in [0.1, 0.15) is 0 Å². The molecule has 12 heavy (non-hydrogen) atoms. The molecule has 2 N–H and O–H groups in total. The Morgan fingerprint density at radius 1 is 1.50 bits per heavy atom. The second-order valence-corrected chi connectivity index (χ2v) is 3.53. The highest BCUT2D eigenvalue weighted by Crippen LogP contribution is 2.25. The quantitative estimate of drug-likeness (QED) is 0.853. The Hall–Kier alpha value is -0.310. The van der Waals surface area contributed by atoms with Gasteiger partial charge < -0.3 is 5.73 Å². The number of benzene rings is 1. The molecule has 0 atom stereocenters. The van der Waals surface area contributed by atoms with Crippen LogP contribution in [0, 0.1) is 0 Å². The highest BCUT2D eigenvalue weighted by molar-refractivity contribution is 9.10. The van der Waals surface area contributed by atoms with Gasteiger partial charge in [0.2, 0.25) is 0 Å². The Kier molecular flexibility index (Phi) is 3.79. The molecule has 0 saturated carbocycles. The summed E-state index contributed by atoms with van der Waals surface area (Å²) in [6.45, 7) is 0.525. The molecule has 0 saturated heterocycles. The van der Waals surface area contributed by atoms with E-state index < -0.39 is 0 Å². The average molecular weight is 247 g/mol. The third-order valence-corrected chi connectivity index (χ3v) is 2.44. The van der Waals surface area contributed by atoms with Gasteiger partial charge in [-0.25, -0.2) is 0 Å². The van der Waals surface area contributed by atoms with E-state index in [0.29, 0.717) is 6.54 Å². The molecule has 0 aromatic heterocycles. The number of rotatable bonds is 2. The average Bonchev–Trinajstić information content (AvgIpc) is 2.04. The van der Waals surface area contributed by atoms with Crippen LogP contribution in [-0.2, 0) is 0 Å². The molecule has 0 unspecified atom stereocenters. The van der Waals surface area contributed by atoms with Gasteiger partial charge in [0.05, 0.1) is 0 Å². The Bertz CT molecular complexity index is 276. The summed E-state index contributed by atoms with van der Waals surface area (Å²) in [4.78, 5) is 0. The maximum absolute atomic E-state index is 5.94. The fourth-order valence-corrected chi connectivity index (χ4v) is 1.71. The molecule has 0 fully saturated rings. The Morgan fingerprint density at radius 3 is 2.83 bits per heavy atom. The largest absolute Gasteiger partial charge is 0.327 e. The molecule has 1 nitrogen and oxygen atoms in total. The summed E-state index contributed by atoms with van der Waals surface area (Å²) in [6, 6.07) is 5.69. The van der Waals surface area contributed by atoms with Crippen LogP contribution in [-0.4, -0.2) is 6.54 Å². The molecule has 0 spiro atoms. The fraction of sp³-hybridized carbons (Fsp3) is 0.111. The minimum atomic E-state index is 0.525. The lowest BCUT2D eigenvalue weighted by Crippen LogP contribution is -1.92. The lowest BCUT2D eigenvalue weighted by molar-refractivity contribution is 1.26. The first-order valence-corrected chi connectivity index (χ1v) is 4.73. The van der Waals surface area contributed by atoms with E-state index in [1.54, 1.807) is 0 Å². The Balaban J connectivity index is 3.04. The number of halogens is 2. The predicted octanol–water partition coefficient (Wildman–Crippen LogP) is 3.07. The van der Waals surface area contributed by atoms with Gasteiger partial charge in [0.25, 0.3) is 0 Å². The maximum atomic E-state index is 5.94. The standard InChI is InChI=1S/C9H9BrClN/c10-8-4-1-5-9(11)7(8)3-2-6-12/h1-5H,6,12H2. The number of hydrogen-bond acceptors (Lipinski definition) is 1. The molecule has 0 radical (unpaired) electrons. The minimum absolute atomic E-state index is 0.525. The zero-order valence-electron chi connectivity index (χ0n) is 6.43. The van der Waals surface area contributed by atoms with Crippen LogP contribution < -0.4 is 5.73 Å². The van der Waals surface area contributed by atoms with Crippen molar-refractivity contribution >= 4 is 33.6 Å². The van der Waals surface area contributed by atoms with Crippen LogP contribution in [0.5, 0.6) is 0 Å². The van der Waals surface area contributed by atoms with Crippen LogP contribution >= 0.6 is 27.5 Å². The highest BCUT2D eigenvalue weighted by Gasteiger charge is 1.99. The number of hydrogen-bond donors (Lipinski definition) is 1. The van der Waals surface area contributed by atoms with Crippen LogP contribution in [0.1, 0.15) is 5.56 Å². The van der Waals surface area contributed by atoms with E-state index in [-0.39, 0.29) is 0 Å². The molecule has 0 bridgehead atoms. The molecule has 3 heteroatoms. The van der Waals surface area contributed by atoms with Gasteiger partial charge in [-0.3, -0.25) is 0 Å². The van der Waals surface area contributed by atoms with Crippen molar-refractivity contribution in [3.05, 3.63) is 39.3 Å². The topological polar surface area (TPSA) is 26.0 Å². The summed E-state index contributed by atoms with van der Waals surface area (Å²) < 4.78 is 0.986. The normalized spacial score (nSPS) is 10.9. The van der Waals surface area contributed by atoms with E-state index in [0.717, 1.165) is 15.1 Å². The molecular formula is C9H9BrClN. The summed E-state index contributed by atoms with van der Waals surface area (Å²) in [5.41, 5.74) is 6.31. The second kappa shape index (κ2) is 4.65. The predicted molar refractivity (Wildman–Crippen MR) is 57.2 cm³/mol. The lowest BCUT2D eigenvalue weighted by atomic mass is 10.2. The molecular weight excluding hydrogens is 237 g/mol. The Morgan fingerprint density at radius 2 is 2.25 bits per heavy atom. The van der Waals surface area contributed by atoms with Crippen molar-refractivity contribution in [2.45, 2.75) is 0 Å². The van der Waals surface area contributed by atoms with E-state index in [1.165, 1.54) is 0 Å². The van der Waals surface area contributed by atoms with Crippen molar-refractivity contribution in [3.63, 3.8) is 0 Å². The van der Waals surface area contributed by atoms with Crippen LogP contribution in [0.25, 0.3) is 6.08 Å². The zero-order chi connectivity index (χ0) is 8.97. The molecule has 0 aliphatic carbocycles. The van der Waals surface area contributed by atoms with Gasteiger partial charge >= 0.3 is 0 Å². The van der Waals surface area contributed by atoms with Gasteiger partial charge in [0, 0.05) is 21.6 Å². The Labute approximate surface area is 85.3 Å². The summed E-state index contributed by atoms with van der Waals surface area (Å²) in [5, 5.41) is 0.731. The van der Waals surface area contributed by atoms with Gasteiger partial charge in [0.15, 0.2) is 0 Å². The minimum Gasteiger partial charge on any atom is -0.327 e. The fourth-order valence-electron chi connectivity index (χ4n) is 0.856. The van der Waals surface area contributed by atoms with E-state index in [1.807, 2.05) is 30.4 Å². The van der Waals surface area contributed by atoms with Crippen LogP contribution in [0.2, 0.25) is 5.02 Å². The van der Waals surface area contributed by atoms with Crippen molar-refractivity contribution in [2.24, 2.45) is 5.73 Å². The smallest absolute Gasteiger partial charge is 0.0489 e. The maximum Gasteiger partial charge on any atom is 0.0489 e. The summed E-state index contributed by atoms with van der Waals surface area (Å²) >= 11 is 9.34.